The van der Waals surface area contributed by atoms with Gasteiger partial charge in [-0.1, -0.05) is 65.5 Å². The number of fused-ring (bicyclic) bond motifs is 1. The highest BCUT2D eigenvalue weighted by Gasteiger charge is 2.31. The van der Waals surface area contributed by atoms with E-state index in [2.05, 4.69) is 5.32 Å². The number of nitrogens with one attached hydrogen (secondary N) is 1. The van der Waals surface area contributed by atoms with Gasteiger partial charge in [0.15, 0.2) is 0 Å². The molecule has 41 heavy (non-hydrogen) atoms. The van der Waals surface area contributed by atoms with Crippen LogP contribution in [0.2, 0.25) is 15.1 Å². The maximum Gasteiger partial charge on any atom is 0.416 e. The summed E-state index contributed by atoms with van der Waals surface area (Å²) < 4.78 is 46.0. The summed E-state index contributed by atoms with van der Waals surface area (Å²) >= 11 is 18.8. The summed E-state index contributed by atoms with van der Waals surface area (Å²) in [5, 5.41) is 8.84. The zero-order valence-electron chi connectivity index (χ0n) is 21.6. The van der Waals surface area contributed by atoms with Crippen molar-refractivity contribution in [3.05, 3.63) is 110 Å². The van der Waals surface area contributed by atoms with E-state index in [4.69, 9.17) is 44.6 Å². The largest absolute Gasteiger partial charge is 0.416 e. The van der Waals surface area contributed by atoms with Crippen LogP contribution >= 0.6 is 34.8 Å². The molecule has 0 aliphatic heterocycles. The third kappa shape index (κ3) is 7.00. The number of hydrogen-bond acceptors (Lipinski definition) is 3. The van der Waals surface area contributed by atoms with Crippen molar-refractivity contribution in [1.29, 1.82) is 0 Å². The minimum absolute atomic E-state index is 0.0118. The van der Waals surface area contributed by atoms with Crippen LogP contribution in [0.15, 0.2) is 66.7 Å². The van der Waals surface area contributed by atoms with Crippen LogP contribution in [0.25, 0.3) is 5.69 Å². The van der Waals surface area contributed by atoms with E-state index in [9.17, 15) is 18.0 Å². The molecule has 5 nitrogen and oxygen atoms in total. The molecular weight excluding hydrogens is 598 g/mol. The lowest BCUT2D eigenvalue weighted by atomic mass is 9.91. The third-order valence-electron chi connectivity index (χ3n) is 7.04. The molecule has 1 aromatic heterocycles. The van der Waals surface area contributed by atoms with Crippen LogP contribution in [0.1, 0.15) is 53.1 Å². The Morgan fingerprint density at radius 2 is 1.63 bits per heavy atom. The number of aromatic nitrogens is 2. The van der Waals surface area contributed by atoms with Crippen molar-refractivity contribution in [3.63, 3.8) is 0 Å². The van der Waals surface area contributed by atoms with Crippen LogP contribution < -0.4 is 10.1 Å². The summed E-state index contributed by atoms with van der Waals surface area (Å²) in [7, 11) is 0. The smallest absolute Gasteiger partial charge is 0.389 e. The number of alkyl halides is 3. The Morgan fingerprint density at radius 1 is 0.951 bits per heavy atom. The zero-order valence-corrected chi connectivity index (χ0v) is 23.9. The average molecular weight is 623 g/mol. The van der Waals surface area contributed by atoms with Gasteiger partial charge in [-0.25, -0.2) is 9.48 Å². The van der Waals surface area contributed by atoms with E-state index in [1.807, 2.05) is 24.3 Å². The van der Waals surface area contributed by atoms with Crippen molar-refractivity contribution < 1.29 is 22.7 Å². The molecule has 1 N–H and O–H groups in total. The molecule has 0 radical (unpaired) electrons. The van der Waals surface area contributed by atoms with E-state index in [1.54, 1.807) is 22.9 Å². The van der Waals surface area contributed by atoms with Crippen molar-refractivity contribution in [2.75, 3.05) is 0 Å². The molecule has 1 amide bonds. The molecule has 1 aliphatic carbocycles. The van der Waals surface area contributed by atoms with E-state index < -0.39 is 17.8 Å². The van der Waals surface area contributed by atoms with Crippen molar-refractivity contribution >= 4 is 40.9 Å². The van der Waals surface area contributed by atoms with E-state index in [0.29, 0.717) is 32.7 Å². The van der Waals surface area contributed by atoms with Gasteiger partial charge in [0.05, 0.1) is 22.0 Å². The number of carbonyl (C=O) groups is 1. The van der Waals surface area contributed by atoms with Crippen LogP contribution in [0.5, 0.6) is 5.88 Å². The molecule has 5 rings (SSSR count). The van der Waals surface area contributed by atoms with Crippen molar-refractivity contribution in [3.8, 4) is 11.6 Å². The van der Waals surface area contributed by atoms with Gasteiger partial charge >= 0.3 is 12.3 Å². The first-order valence-corrected chi connectivity index (χ1v) is 14.2. The quantitative estimate of drug-likeness (QED) is 0.218. The Balaban J connectivity index is 1.44. The van der Waals surface area contributed by atoms with Crippen LogP contribution in [-0.2, 0) is 25.6 Å². The molecule has 1 unspecified atom stereocenters. The van der Waals surface area contributed by atoms with Crippen molar-refractivity contribution in [1.82, 2.24) is 15.1 Å². The number of carbonyl (C=O) groups excluding carboxylic acids is 1. The number of hydrogen-bond donors (Lipinski definition) is 1. The van der Waals surface area contributed by atoms with Crippen LogP contribution in [0.4, 0.5) is 18.0 Å². The lowest BCUT2D eigenvalue weighted by Gasteiger charge is -2.19. The number of ether oxygens (including phenoxy) is 1. The standard InChI is InChI=1S/C30H25Cl3F3N3O2/c31-22-11-7-18(8-12-22)15-20-3-1-2-4-24-27(20)39(26-14-13-23(32)16-25(26)33)38-28(24)41-29(40)37-17-19-5-9-21(10-6-19)30(34,35)36/h5-14,16,20H,1-4,15,17H2,(H,37,40). The molecule has 11 heteroatoms. The summed E-state index contributed by atoms with van der Waals surface area (Å²) in [4.78, 5) is 12.8. The van der Waals surface area contributed by atoms with Gasteiger partial charge in [-0.3, -0.25) is 0 Å². The third-order valence-corrected chi connectivity index (χ3v) is 7.83. The van der Waals surface area contributed by atoms with Crippen LogP contribution in [0, 0.1) is 0 Å². The number of rotatable bonds is 6. The van der Waals surface area contributed by atoms with Crippen LogP contribution in [-0.4, -0.2) is 15.9 Å². The van der Waals surface area contributed by atoms with Gasteiger partial charge < -0.3 is 10.1 Å². The summed E-state index contributed by atoms with van der Waals surface area (Å²) in [6, 6.07) is 17.4. The Kier molecular flexibility index (Phi) is 8.82. The summed E-state index contributed by atoms with van der Waals surface area (Å²) in [6.07, 6.45) is -1.07. The zero-order chi connectivity index (χ0) is 29.1. The van der Waals surface area contributed by atoms with E-state index in [-0.39, 0.29) is 18.3 Å². The van der Waals surface area contributed by atoms with E-state index in [1.165, 1.54) is 12.1 Å². The SMILES string of the molecule is O=C(NCc1ccc(C(F)(F)F)cc1)Oc1nn(-c2ccc(Cl)cc2Cl)c2c1CCCCC2Cc1ccc(Cl)cc1. The van der Waals surface area contributed by atoms with E-state index >= 15 is 0 Å². The Morgan fingerprint density at radius 3 is 2.32 bits per heavy atom. The number of nitrogens with zero attached hydrogens (tertiary/aromatic N) is 2. The highest BCUT2D eigenvalue weighted by molar-refractivity contribution is 6.35. The topological polar surface area (TPSA) is 56.1 Å². The monoisotopic (exact) mass is 621 g/mol. The van der Waals surface area contributed by atoms with Crippen molar-refractivity contribution in [2.45, 2.75) is 50.7 Å². The van der Waals surface area contributed by atoms with Gasteiger partial charge in [0.2, 0.25) is 5.88 Å². The fourth-order valence-corrected chi connectivity index (χ4v) is 5.67. The van der Waals surface area contributed by atoms with Crippen molar-refractivity contribution in [2.24, 2.45) is 0 Å². The first kappa shape index (κ1) is 29.3. The molecule has 0 fully saturated rings. The molecule has 0 saturated heterocycles. The molecule has 3 aromatic carbocycles. The maximum absolute atomic E-state index is 12.9. The molecule has 214 valence electrons. The molecule has 1 heterocycles. The van der Waals surface area contributed by atoms with Gasteiger partial charge in [-0.15, -0.1) is 5.10 Å². The minimum Gasteiger partial charge on any atom is -0.389 e. The average Bonchev–Trinajstić information content (AvgIpc) is 3.13. The fourth-order valence-electron chi connectivity index (χ4n) is 5.06. The highest BCUT2D eigenvalue weighted by Crippen LogP contribution is 2.40. The normalized spacial score (nSPS) is 15.2. The first-order chi connectivity index (χ1) is 19.6. The minimum atomic E-state index is -4.43. The van der Waals surface area contributed by atoms with Gasteiger partial charge in [0.25, 0.3) is 0 Å². The van der Waals surface area contributed by atoms with Gasteiger partial charge in [-0.05, 0) is 79.3 Å². The van der Waals surface area contributed by atoms with Gasteiger partial charge in [0.1, 0.15) is 0 Å². The Bertz CT molecular complexity index is 1540. The second-order valence-corrected chi connectivity index (χ2v) is 11.2. The predicted molar refractivity (Wildman–Crippen MR) is 153 cm³/mol. The molecule has 1 atom stereocenters. The lowest BCUT2D eigenvalue weighted by Crippen LogP contribution is -2.26. The second kappa shape index (κ2) is 12.3. The van der Waals surface area contributed by atoms with Crippen LogP contribution in [0.3, 0.4) is 0 Å². The summed E-state index contributed by atoms with van der Waals surface area (Å²) in [6.45, 7) is -0.0118. The number of halogens is 6. The fraction of sp³-hybridized carbons (Fsp3) is 0.267. The Hall–Kier alpha value is -3.20. The molecular formula is C30H25Cl3F3N3O2. The van der Waals surface area contributed by atoms with E-state index in [0.717, 1.165) is 54.6 Å². The molecule has 0 bridgehead atoms. The molecule has 0 spiro atoms. The summed E-state index contributed by atoms with van der Waals surface area (Å²) in [5.41, 5.74) is 3.18. The molecule has 0 saturated carbocycles. The first-order valence-electron chi connectivity index (χ1n) is 13.0. The van der Waals surface area contributed by atoms with Gasteiger partial charge in [-0.2, -0.15) is 13.2 Å². The number of amides is 1. The second-order valence-electron chi connectivity index (χ2n) is 9.89. The lowest BCUT2D eigenvalue weighted by molar-refractivity contribution is -0.137. The molecule has 4 aromatic rings. The predicted octanol–water partition coefficient (Wildman–Crippen LogP) is 9.19. The maximum atomic E-state index is 12.9. The van der Waals surface area contributed by atoms with Gasteiger partial charge in [0, 0.05) is 28.1 Å². The Labute approximate surface area is 250 Å². The highest BCUT2D eigenvalue weighted by atomic mass is 35.5. The number of benzene rings is 3. The molecule has 1 aliphatic rings. The summed E-state index contributed by atoms with van der Waals surface area (Å²) in [5.74, 6) is 0.222.